The molecule has 0 aromatic rings. The molecule has 0 atom stereocenters. The van der Waals surface area contributed by atoms with Crippen LogP contribution in [-0.2, 0) is 4.79 Å². The average molecular weight is 146 g/mol. The Kier molecular flexibility index (Phi) is 6.11. The molecule has 0 spiro atoms. The minimum Gasteiger partial charge on any atom is -0.481 e. The molecule has 4 nitrogen and oxygen atoms in total. The van der Waals surface area contributed by atoms with Gasteiger partial charge in [-0.15, -0.1) is 0 Å². The van der Waals surface area contributed by atoms with Crippen molar-refractivity contribution in [3.63, 3.8) is 0 Å². The highest BCUT2D eigenvalue weighted by Crippen LogP contribution is 1.75. The van der Waals surface area contributed by atoms with Gasteiger partial charge < -0.3 is 15.7 Å². The average Bonchev–Trinajstić information content (AvgIpc) is 1.90. The van der Waals surface area contributed by atoms with Crippen LogP contribution in [0.15, 0.2) is 0 Å². The van der Waals surface area contributed by atoms with E-state index < -0.39 is 5.97 Å². The van der Waals surface area contributed by atoms with Gasteiger partial charge >= 0.3 is 0 Å². The zero-order valence-electron chi connectivity index (χ0n) is 6.18. The monoisotopic (exact) mass is 146 g/mol. The minimum absolute atomic E-state index is 0.833. The van der Waals surface area contributed by atoms with Gasteiger partial charge in [-0.25, -0.2) is 0 Å². The summed E-state index contributed by atoms with van der Waals surface area (Å²) in [5, 5.41) is 13.8. The smallest absolute Gasteiger partial charge is 0.300 e. The Balaban J connectivity index is 0.000000180. The lowest BCUT2D eigenvalue weighted by Crippen LogP contribution is -2.37. The Morgan fingerprint density at radius 2 is 1.80 bits per heavy atom. The highest BCUT2D eigenvalue weighted by atomic mass is 16.4. The summed E-state index contributed by atoms with van der Waals surface area (Å²) in [5.41, 5.74) is 0. The van der Waals surface area contributed by atoms with Gasteiger partial charge in [-0.1, -0.05) is 0 Å². The third-order valence-electron chi connectivity index (χ3n) is 0.957. The maximum absolute atomic E-state index is 9.00. The molecular weight excluding hydrogens is 132 g/mol. The highest BCUT2D eigenvalue weighted by Gasteiger charge is 1.91. The zero-order chi connectivity index (χ0) is 7.82. The quantitative estimate of drug-likeness (QED) is 0.436. The van der Waals surface area contributed by atoms with Crippen LogP contribution >= 0.6 is 0 Å². The minimum atomic E-state index is -0.833. The fourth-order valence-corrected chi connectivity index (χ4v) is 0.604. The van der Waals surface area contributed by atoms with E-state index in [1.165, 1.54) is 19.5 Å². The van der Waals surface area contributed by atoms with Gasteiger partial charge in [0.15, 0.2) is 0 Å². The van der Waals surface area contributed by atoms with E-state index in [-0.39, 0.29) is 0 Å². The molecule has 1 heterocycles. The first-order valence-corrected chi connectivity index (χ1v) is 3.34. The predicted molar refractivity (Wildman–Crippen MR) is 38.8 cm³/mol. The van der Waals surface area contributed by atoms with Crippen LogP contribution in [-0.4, -0.2) is 30.8 Å². The summed E-state index contributed by atoms with van der Waals surface area (Å²) in [6, 6.07) is 0. The molecule has 3 N–H and O–H groups in total. The molecule has 1 aliphatic heterocycles. The molecule has 0 bridgehead atoms. The van der Waals surface area contributed by atoms with Crippen molar-refractivity contribution in [2.75, 3.05) is 19.8 Å². The molecule has 0 aliphatic carbocycles. The van der Waals surface area contributed by atoms with E-state index >= 15 is 0 Å². The van der Waals surface area contributed by atoms with Crippen LogP contribution < -0.4 is 10.6 Å². The lowest BCUT2D eigenvalue weighted by atomic mass is 10.4. The van der Waals surface area contributed by atoms with Gasteiger partial charge in [0.2, 0.25) is 0 Å². The molecule has 1 aliphatic rings. The van der Waals surface area contributed by atoms with Crippen LogP contribution in [0.1, 0.15) is 13.3 Å². The number of carboxylic acid groups (broad SMARTS) is 1. The molecule has 1 rings (SSSR count). The van der Waals surface area contributed by atoms with Crippen LogP contribution in [0, 0.1) is 0 Å². The largest absolute Gasteiger partial charge is 0.481 e. The molecule has 1 saturated heterocycles. The highest BCUT2D eigenvalue weighted by molar-refractivity contribution is 5.62. The van der Waals surface area contributed by atoms with Crippen molar-refractivity contribution in [1.29, 1.82) is 0 Å². The number of carbonyl (C=O) groups is 1. The summed E-state index contributed by atoms with van der Waals surface area (Å²) in [6.07, 6.45) is 1.28. The lowest BCUT2D eigenvalue weighted by molar-refractivity contribution is -0.134. The first-order chi connectivity index (χ1) is 4.73. The van der Waals surface area contributed by atoms with Crippen LogP contribution in [0.5, 0.6) is 0 Å². The molecule has 0 aromatic carbocycles. The molecule has 4 heteroatoms. The zero-order valence-corrected chi connectivity index (χ0v) is 6.18. The summed E-state index contributed by atoms with van der Waals surface area (Å²) in [6.45, 7) is 4.46. The summed E-state index contributed by atoms with van der Waals surface area (Å²) < 4.78 is 0. The van der Waals surface area contributed by atoms with Crippen molar-refractivity contribution in [3.8, 4) is 0 Å². The van der Waals surface area contributed by atoms with Crippen LogP contribution in [0.3, 0.4) is 0 Å². The number of hydrogen-bond donors (Lipinski definition) is 3. The Hall–Kier alpha value is -0.610. The van der Waals surface area contributed by atoms with E-state index in [4.69, 9.17) is 9.90 Å². The lowest BCUT2D eigenvalue weighted by Gasteiger charge is -2.11. The van der Waals surface area contributed by atoms with Crippen molar-refractivity contribution in [3.05, 3.63) is 0 Å². The van der Waals surface area contributed by atoms with Gasteiger partial charge in [-0.3, -0.25) is 4.79 Å². The fourth-order valence-electron chi connectivity index (χ4n) is 0.604. The first kappa shape index (κ1) is 9.39. The van der Waals surface area contributed by atoms with Crippen molar-refractivity contribution in [2.45, 2.75) is 13.3 Å². The number of carboxylic acids is 1. The fraction of sp³-hybridized carbons (Fsp3) is 0.833. The summed E-state index contributed by atoms with van der Waals surface area (Å²) in [4.78, 5) is 9.00. The summed E-state index contributed by atoms with van der Waals surface area (Å²) in [5.74, 6) is -0.833. The maximum atomic E-state index is 9.00. The van der Waals surface area contributed by atoms with Gasteiger partial charge in [0, 0.05) is 13.6 Å². The van der Waals surface area contributed by atoms with Crippen molar-refractivity contribution in [1.82, 2.24) is 10.6 Å². The van der Waals surface area contributed by atoms with Crippen molar-refractivity contribution in [2.24, 2.45) is 0 Å². The van der Waals surface area contributed by atoms with Crippen molar-refractivity contribution < 1.29 is 9.90 Å². The van der Waals surface area contributed by atoms with E-state index in [1.54, 1.807) is 0 Å². The maximum Gasteiger partial charge on any atom is 0.300 e. The SMILES string of the molecule is C1CNCNC1.CC(=O)O. The number of hydrogen-bond acceptors (Lipinski definition) is 3. The Morgan fingerprint density at radius 1 is 1.40 bits per heavy atom. The molecule has 0 aromatic heterocycles. The normalized spacial score (nSPS) is 16.9. The Labute approximate surface area is 60.6 Å². The van der Waals surface area contributed by atoms with E-state index in [2.05, 4.69) is 10.6 Å². The van der Waals surface area contributed by atoms with Crippen molar-refractivity contribution >= 4 is 5.97 Å². The van der Waals surface area contributed by atoms with E-state index in [0.717, 1.165) is 13.6 Å². The van der Waals surface area contributed by atoms with Gasteiger partial charge in [0.1, 0.15) is 0 Å². The second-order valence-electron chi connectivity index (χ2n) is 2.05. The van der Waals surface area contributed by atoms with Gasteiger partial charge in [0.05, 0.1) is 0 Å². The van der Waals surface area contributed by atoms with E-state index in [9.17, 15) is 0 Å². The Bertz CT molecular complexity index is 76.2. The van der Waals surface area contributed by atoms with E-state index in [1.807, 2.05) is 0 Å². The predicted octanol–water partition coefficient (Wildman–Crippen LogP) is -0.382. The second-order valence-corrected chi connectivity index (χ2v) is 2.05. The van der Waals surface area contributed by atoms with Gasteiger partial charge in [-0.05, 0) is 19.5 Å². The molecular formula is C6H14N2O2. The standard InChI is InChI=1S/C4H10N2.C2H4O2/c1-2-5-4-6-3-1;1-2(3)4/h5-6H,1-4H2;1H3,(H,3,4). The molecule has 10 heavy (non-hydrogen) atoms. The molecule has 60 valence electrons. The van der Waals surface area contributed by atoms with Gasteiger partial charge in [0.25, 0.3) is 5.97 Å². The first-order valence-electron chi connectivity index (χ1n) is 3.34. The van der Waals surface area contributed by atoms with Crippen LogP contribution in [0.25, 0.3) is 0 Å². The van der Waals surface area contributed by atoms with Crippen LogP contribution in [0.4, 0.5) is 0 Å². The number of rotatable bonds is 0. The third kappa shape index (κ3) is 10.4. The topological polar surface area (TPSA) is 61.4 Å². The number of nitrogens with one attached hydrogen (secondary N) is 2. The molecule has 0 saturated carbocycles. The Morgan fingerprint density at radius 3 is 1.90 bits per heavy atom. The molecule has 1 fully saturated rings. The van der Waals surface area contributed by atoms with E-state index in [0.29, 0.717) is 0 Å². The summed E-state index contributed by atoms with van der Waals surface area (Å²) >= 11 is 0. The van der Waals surface area contributed by atoms with Gasteiger partial charge in [-0.2, -0.15) is 0 Å². The third-order valence-corrected chi connectivity index (χ3v) is 0.957. The molecule has 0 amide bonds. The number of aliphatic carboxylic acids is 1. The molecule has 0 unspecified atom stereocenters. The summed E-state index contributed by atoms with van der Waals surface area (Å²) in [7, 11) is 0. The molecule has 0 radical (unpaired) electrons. The second kappa shape index (κ2) is 6.51. The van der Waals surface area contributed by atoms with Crippen LogP contribution in [0.2, 0.25) is 0 Å².